The number of aromatic nitrogens is 8. The zero-order valence-electron chi connectivity index (χ0n) is 41.1. The molecular weight excluding hydrogens is 1130 g/mol. The fourth-order valence-corrected chi connectivity index (χ4v) is 17.9. The van der Waals surface area contributed by atoms with Crippen LogP contribution in [0.25, 0.3) is 42.2 Å². The fourth-order valence-electron chi connectivity index (χ4n) is 6.98. The van der Waals surface area contributed by atoms with E-state index in [-0.39, 0.29) is 11.8 Å². The minimum Gasteiger partial charge on any atom is -0.355 e. The molecule has 0 saturated carbocycles. The fraction of sp³-hybridized carbons (Fsp3) is 0.375. The number of aryl methyl sites for hydroxylation is 2. The molecule has 2 aliphatic rings. The van der Waals surface area contributed by atoms with Crippen molar-refractivity contribution < 1.29 is 9.59 Å². The molecule has 7 rings (SSSR count). The Hall–Kier alpha value is -2.10. The Balaban J connectivity index is 1.18. The lowest BCUT2D eigenvalue weighted by atomic mass is 10.2. The zero-order valence-corrected chi connectivity index (χ0v) is 50.9. The first-order valence-electron chi connectivity index (χ1n) is 22.6. The molecule has 0 spiro atoms. The number of rotatable bonds is 26. The lowest BCUT2D eigenvalue weighted by Crippen LogP contribution is -2.25. The molecular formula is C48H56N10O2S12. The van der Waals surface area contributed by atoms with Crippen LogP contribution in [0, 0.1) is 13.8 Å². The quantitative estimate of drug-likeness (QED) is 0.0234. The molecule has 24 heteroatoms. The highest BCUT2D eigenvalue weighted by atomic mass is 33.1. The Kier molecular flexibility index (Phi) is 23.5. The molecule has 5 aromatic rings. The molecule has 0 radical (unpaired) electrons. The van der Waals surface area contributed by atoms with E-state index in [1.165, 1.54) is 20.9 Å². The first-order chi connectivity index (χ1) is 35.1. The van der Waals surface area contributed by atoms with Crippen LogP contribution in [0.1, 0.15) is 60.1 Å². The number of carbonyl (C=O) groups is 2. The van der Waals surface area contributed by atoms with Crippen molar-refractivity contribution in [2.45, 2.75) is 68.9 Å². The molecule has 3 aromatic heterocycles. The summed E-state index contributed by atoms with van der Waals surface area (Å²) in [7, 11) is 6.93. The Morgan fingerprint density at radius 1 is 0.444 bits per heavy atom. The number of benzene rings is 2. The Morgan fingerprint density at radius 3 is 1.17 bits per heavy atom. The zero-order chi connectivity index (χ0) is 51.0. The molecule has 0 saturated heterocycles. The number of aromatic amines is 2. The minimum absolute atomic E-state index is 0.0311. The predicted octanol–water partition coefficient (Wildman–Crippen LogP) is 13.9. The second-order valence-corrected chi connectivity index (χ2v) is 27.6. The molecule has 382 valence electrons. The van der Waals surface area contributed by atoms with Crippen molar-refractivity contribution >= 4 is 191 Å². The van der Waals surface area contributed by atoms with Gasteiger partial charge < -0.3 is 20.6 Å². The van der Waals surface area contributed by atoms with Crippen molar-refractivity contribution in [3.63, 3.8) is 0 Å². The number of nitrogens with one attached hydrogen (secondary N) is 4. The molecule has 5 heterocycles. The Labute approximate surface area is 472 Å². The van der Waals surface area contributed by atoms with Gasteiger partial charge in [-0.05, 0) is 100.0 Å². The summed E-state index contributed by atoms with van der Waals surface area (Å²) in [6.07, 6.45) is 14.4. The minimum atomic E-state index is 0.0311. The third kappa shape index (κ3) is 15.5. The van der Waals surface area contributed by atoms with Crippen LogP contribution < -0.4 is 10.6 Å². The number of hydrogen-bond donors (Lipinski definition) is 4. The number of carbonyl (C=O) groups excluding carboxylic acids is 2. The van der Waals surface area contributed by atoms with Gasteiger partial charge in [0.2, 0.25) is 11.8 Å². The first kappa shape index (κ1) is 57.6. The van der Waals surface area contributed by atoms with E-state index < -0.39 is 0 Å². The Bertz CT molecular complexity index is 2930. The van der Waals surface area contributed by atoms with E-state index in [1.54, 1.807) is 137 Å². The maximum Gasteiger partial charge on any atom is 0.220 e. The van der Waals surface area contributed by atoms with E-state index in [0.717, 1.165) is 50.7 Å². The molecule has 8 bridgehead atoms. The summed E-state index contributed by atoms with van der Waals surface area (Å²) in [5.41, 5.74) is 5.22. The van der Waals surface area contributed by atoms with Crippen LogP contribution in [0.3, 0.4) is 0 Å². The van der Waals surface area contributed by atoms with Gasteiger partial charge in [0.05, 0.1) is 39.2 Å². The van der Waals surface area contributed by atoms with Crippen molar-refractivity contribution in [3.8, 4) is 0 Å². The van der Waals surface area contributed by atoms with Gasteiger partial charge in [-0.3, -0.25) is 9.59 Å². The van der Waals surface area contributed by atoms with Crippen LogP contribution in [0.4, 0.5) is 0 Å². The molecule has 4 N–H and O–H groups in total. The maximum absolute atomic E-state index is 13.1. The van der Waals surface area contributed by atoms with E-state index in [2.05, 4.69) is 102 Å². The van der Waals surface area contributed by atoms with Gasteiger partial charge in [0.25, 0.3) is 0 Å². The largest absolute Gasteiger partial charge is 0.355 e. The van der Waals surface area contributed by atoms with Gasteiger partial charge in [-0.2, -0.15) is 0 Å². The number of fused-ring (bicyclic) bond motifs is 8. The third-order valence-electron chi connectivity index (χ3n) is 10.4. The summed E-state index contributed by atoms with van der Waals surface area (Å²) in [4.78, 5) is 74.5. The number of thioether (sulfide) groups is 8. The van der Waals surface area contributed by atoms with E-state index >= 15 is 0 Å². The van der Waals surface area contributed by atoms with Crippen molar-refractivity contribution in [3.05, 3.63) is 83.0 Å². The van der Waals surface area contributed by atoms with Gasteiger partial charge >= 0.3 is 0 Å². The number of nitrogens with zero attached hydrogens (tertiary/aromatic N) is 6. The molecule has 0 unspecified atom stereocenters. The second kappa shape index (κ2) is 29.4. The van der Waals surface area contributed by atoms with Gasteiger partial charge in [0, 0.05) is 47.2 Å². The topological polar surface area (TPSA) is 167 Å². The molecule has 2 amide bonds. The second-order valence-electron chi connectivity index (χ2n) is 15.5. The standard InChI is InChI=1S/C48H56N10O2S12/c1-27-13-17-29(18-14-27)71-69-25-21-49-31(59)11-9-23-67-39-40(68-24-10-12-32(60)50-22-26-70-72-30-19-15-28(2)16-20-30)48-57-46-38(66-8)36(64-6)44(55-46)53-42-34(62-4)33(61-3)41(51-42)52-43-35(63-5)37(65-7)45(54-43)56-47(39)58-48/h13-20H,9-12,21-26H2,1-8H3,(H,49,59)(H,50,60)(H2,51,52,53,54,55,56,57,58). The molecule has 2 aliphatic heterocycles. The summed E-state index contributed by atoms with van der Waals surface area (Å²) in [5, 5.41) is 6.22. The smallest absolute Gasteiger partial charge is 0.220 e. The number of hydrogen-bond acceptors (Lipinski definition) is 20. The van der Waals surface area contributed by atoms with Gasteiger partial charge in [0.15, 0.2) is 23.3 Å². The van der Waals surface area contributed by atoms with Gasteiger partial charge in [-0.1, -0.05) is 78.6 Å². The highest BCUT2D eigenvalue weighted by Gasteiger charge is 2.28. The molecule has 0 aliphatic carbocycles. The lowest BCUT2D eigenvalue weighted by Gasteiger charge is -2.09. The Morgan fingerprint density at radius 2 is 0.792 bits per heavy atom. The summed E-state index contributed by atoms with van der Waals surface area (Å²) >= 11 is 12.9. The van der Waals surface area contributed by atoms with E-state index in [0.29, 0.717) is 96.2 Å². The van der Waals surface area contributed by atoms with Gasteiger partial charge in [0.1, 0.15) is 22.6 Å². The van der Waals surface area contributed by atoms with Crippen LogP contribution in [0.5, 0.6) is 0 Å². The van der Waals surface area contributed by atoms with Crippen molar-refractivity contribution in [2.24, 2.45) is 0 Å². The van der Waals surface area contributed by atoms with Crippen LogP contribution in [0.2, 0.25) is 0 Å². The van der Waals surface area contributed by atoms with Crippen LogP contribution in [0.15, 0.2) is 77.9 Å². The maximum atomic E-state index is 13.1. The van der Waals surface area contributed by atoms with Crippen LogP contribution in [-0.2, 0) is 9.59 Å². The third-order valence-corrected chi connectivity index (χ3v) is 22.9. The highest BCUT2D eigenvalue weighted by Crippen LogP contribution is 2.46. The summed E-state index contributed by atoms with van der Waals surface area (Å²) in [6.45, 7) is 5.38. The van der Waals surface area contributed by atoms with Gasteiger partial charge in [-0.25, -0.2) is 29.9 Å². The molecule has 0 fully saturated rings. The summed E-state index contributed by atoms with van der Waals surface area (Å²) in [5.74, 6) is 5.13. The number of amides is 2. The SMILES string of the molecule is CSC1=C(SC)c2nc1nc1nc(nc3[nH]c(nc4[nH]c(n2)c(SC)c4SC)c(SC)c3SC)C(SCCCC(=O)NCCSSc2ccc(C)cc2)=C1SCCCC(=O)NCCSSc1ccc(C)cc1. The van der Waals surface area contributed by atoms with E-state index in [4.69, 9.17) is 29.9 Å². The summed E-state index contributed by atoms with van der Waals surface area (Å²) < 4.78 is 0. The average molecular weight is 1190 g/mol. The van der Waals surface area contributed by atoms with Crippen LogP contribution in [-0.4, -0.2) is 125 Å². The van der Waals surface area contributed by atoms with Crippen molar-refractivity contribution in [1.29, 1.82) is 0 Å². The average Bonchev–Trinajstić information content (AvgIpc) is 4.10. The highest BCUT2D eigenvalue weighted by molar-refractivity contribution is 8.77. The number of H-pyrrole nitrogens is 2. The van der Waals surface area contributed by atoms with E-state index in [9.17, 15) is 9.59 Å². The van der Waals surface area contributed by atoms with Crippen LogP contribution >= 0.6 is 137 Å². The molecule has 2 aromatic carbocycles. The molecule has 12 nitrogen and oxygen atoms in total. The van der Waals surface area contributed by atoms with Gasteiger partial charge in [-0.15, -0.1) is 94.1 Å². The summed E-state index contributed by atoms with van der Waals surface area (Å²) in [6, 6.07) is 17.0. The van der Waals surface area contributed by atoms with Crippen molar-refractivity contribution in [1.82, 2.24) is 50.5 Å². The lowest BCUT2D eigenvalue weighted by molar-refractivity contribution is -0.121. The molecule has 72 heavy (non-hydrogen) atoms. The van der Waals surface area contributed by atoms with E-state index in [1.807, 2.05) is 18.8 Å². The van der Waals surface area contributed by atoms with Crippen molar-refractivity contribution in [2.75, 3.05) is 73.6 Å². The predicted molar refractivity (Wildman–Crippen MR) is 328 cm³/mol. The first-order valence-corrected chi connectivity index (χ1v) is 36.6. The molecule has 0 atom stereocenters. The monoisotopic (exact) mass is 1190 g/mol. The normalized spacial score (nSPS) is 12.6.